The van der Waals surface area contributed by atoms with E-state index in [1.54, 1.807) is 4.68 Å². The number of aromatic nitrogens is 3. The number of benzene rings is 1. The lowest BCUT2D eigenvalue weighted by Crippen LogP contribution is -2.51. The third-order valence-corrected chi connectivity index (χ3v) is 8.40. The van der Waals surface area contributed by atoms with Crippen LogP contribution in [-0.2, 0) is 12.1 Å². The highest BCUT2D eigenvalue weighted by atomic mass is 32.1. The number of unbranched alkanes of at least 4 members (excludes halogenated alkanes) is 1. The number of rotatable bonds is 10. The summed E-state index contributed by atoms with van der Waals surface area (Å²) in [6, 6.07) is 10.2. The first-order valence-electron chi connectivity index (χ1n) is 13.5. The van der Waals surface area contributed by atoms with Gasteiger partial charge in [-0.1, -0.05) is 68.9 Å². The van der Waals surface area contributed by atoms with Crippen LogP contribution in [0, 0.1) is 0 Å². The minimum Gasteiger partial charge on any atom is -0.493 e. The average molecular weight is 543 g/mol. The van der Waals surface area contributed by atoms with E-state index in [1.165, 1.54) is 11.3 Å². The fourth-order valence-corrected chi connectivity index (χ4v) is 6.18. The molecule has 0 aliphatic heterocycles. The molecule has 3 aromatic rings. The summed E-state index contributed by atoms with van der Waals surface area (Å²) in [4.78, 5) is 7.58. The van der Waals surface area contributed by atoms with Crippen LogP contribution < -0.4 is 9.64 Å². The van der Waals surface area contributed by atoms with Gasteiger partial charge in [0.2, 0.25) is 11.8 Å². The van der Waals surface area contributed by atoms with E-state index in [4.69, 9.17) is 9.72 Å². The zero-order valence-corrected chi connectivity index (χ0v) is 24.4. The molecule has 1 fully saturated rings. The highest BCUT2D eigenvalue weighted by Gasteiger charge is 2.55. The number of aliphatic hydroxyl groups excluding tert-OH is 2. The number of ether oxygens (including phenoxy) is 1. The van der Waals surface area contributed by atoms with Crippen LogP contribution in [0.1, 0.15) is 93.8 Å². The SMILES string of the molecule is CCCCOc1nc(N(C)Cc2ccccc2)sc1C1C(O)C(c2c(C(C)C)nn(C(C)(C)C)c2O)C1O. The largest absolute Gasteiger partial charge is 0.493 e. The average Bonchev–Trinajstić information content (AvgIpc) is 3.42. The predicted octanol–water partition coefficient (Wildman–Crippen LogP) is 5.34. The lowest BCUT2D eigenvalue weighted by molar-refractivity contribution is -0.0791. The van der Waals surface area contributed by atoms with Gasteiger partial charge in [-0.05, 0) is 38.7 Å². The summed E-state index contributed by atoms with van der Waals surface area (Å²) in [5, 5.41) is 39.6. The molecule has 0 amide bonds. The van der Waals surface area contributed by atoms with Crippen LogP contribution in [-0.4, -0.2) is 55.9 Å². The smallest absolute Gasteiger partial charge is 0.230 e. The quantitative estimate of drug-likeness (QED) is 0.297. The fraction of sp³-hybridized carbons (Fsp3) is 0.586. The van der Waals surface area contributed by atoms with Gasteiger partial charge in [-0.25, -0.2) is 4.68 Å². The van der Waals surface area contributed by atoms with E-state index in [1.807, 2.05) is 59.9 Å². The molecule has 9 heteroatoms. The van der Waals surface area contributed by atoms with Gasteiger partial charge in [-0.15, -0.1) is 0 Å². The second-order valence-electron chi connectivity index (χ2n) is 11.6. The maximum absolute atomic E-state index is 11.5. The highest BCUT2D eigenvalue weighted by Crippen LogP contribution is 2.55. The first kappa shape index (κ1) is 28.4. The van der Waals surface area contributed by atoms with E-state index in [0.29, 0.717) is 30.3 Å². The van der Waals surface area contributed by atoms with Gasteiger partial charge in [0.15, 0.2) is 5.13 Å². The molecule has 0 radical (unpaired) electrons. The van der Waals surface area contributed by atoms with Crippen molar-refractivity contribution in [2.24, 2.45) is 0 Å². The Hall–Kier alpha value is -2.62. The van der Waals surface area contributed by atoms with Crippen molar-refractivity contribution in [3.63, 3.8) is 0 Å². The Morgan fingerprint density at radius 3 is 2.34 bits per heavy atom. The maximum Gasteiger partial charge on any atom is 0.230 e. The summed E-state index contributed by atoms with van der Waals surface area (Å²) in [5.41, 5.74) is 1.95. The molecule has 38 heavy (non-hydrogen) atoms. The van der Waals surface area contributed by atoms with Crippen LogP contribution >= 0.6 is 11.3 Å². The molecule has 3 N–H and O–H groups in total. The van der Waals surface area contributed by atoms with E-state index >= 15 is 0 Å². The molecule has 2 unspecified atom stereocenters. The lowest BCUT2D eigenvalue weighted by Gasteiger charge is -2.46. The minimum absolute atomic E-state index is 0.00903. The Balaban J connectivity index is 1.65. The van der Waals surface area contributed by atoms with Crippen molar-refractivity contribution in [2.45, 2.75) is 96.4 Å². The molecule has 208 valence electrons. The van der Waals surface area contributed by atoms with Gasteiger partial charge in [0.25, 0.3) is 0 Å². The number of aliphatic hydroxyl groups is 2. The number of hydrogen-bond donors (Lipinski definition) is 3. The van der Waals surface area contributed by atoms with Gasteiger partial charge >= 0.3 is 0 Å². The first-order chi connectivity index (χ1) is 18.0. The monoisotopic (exact) mass is 542 g/mol. The van der Waals surface area contributed by atoms with E-state index in [-0.39, 0.29) is 11.8 Å². The molecule has 2 aromatic heterocycles. The highest BCUT2D eigenvalue weighted by molar-refractivity contribution is 7.16. The van der Waals surface area contributed by atoms with Crippen LogP contribution in [0.3, 0.4) is 0 Å². The zero-order valence-electron chi connectivity index (χ0n) is 23.5. The Bertz CT molecular complexity index is 1210. The summed E-state index contributed by atoms with van der Waals surface area (Å²) in [7, 11) is 1.98. The van der Waals surface area contributed by atoms with Gasteiger partial charge in [0.1, 0.15) is 0 Å². The maximum atomic E-state index is 11.5. The fourth-order valence-electron chi connectivity index (χ4n) is 5.03. The molecule has 2 heterocycles. The molecular formula is C29H42N4O4S. The van der Waals surface area contributed by atoms with Crippen LogP contribution in [0.2, 0.25) is 0 Å². The third-order valence-electron chi connectivity index (χ3n) is 7.15. The van der Waals surface area contributed by atoms with E-state index in [2.05, 4.69) is 29.1 Å². The van der Waals surface area contributed by atoms with Gasteiger partial charge in [0, 0.05) is 25.1 Å². The van der Waals surface area contributed by atoms with E-state index in [0.717, 1.165) is 28.4 Å². The standard InChI is InChI=1S/C29H42N4O4S/c1-8-9-15-37-26-25(38-28(30-26)32(7)16-18-13-11-10-12-14-18)21-23(34)20(24(21)35)19-22(17(2)3)31-33(27(19)36)29(4,5)6/h10-14,17,20-21,23-24,34-36H,8-9,15-16H2,1-7H3. The number of aromatic hydroxyl groups is 1. The van der Waals surface area contributed by atoms with Crippen molar-refractivity contribution in [3.05, 3.63) is 52.0 Å². The molecular weight excluding hydrogens is 500 g/mol. The number of thiazole rings is 1. The second-order valence-corrected chi connectivity index (χ2v) is 12.6. The molecule has 2 atom stereocenters. The second kappa shape index (κ2) is 11.2. The van der Waals surface area contributed by atoms with Gasteiger partial charge in [0.05, 0.1) is 40.8 Å². The zero-order chi connectivity index (χ0) is 27.8. The lowest BCUT2D eigenvalue weighted by atomic mass is 9.64. The normalized spacial score (nSPS) is 21.5. The summed E-state index contributed by atoms with van der Waals surface area (Å²) in [6.45, 7) is 13.2. The van der Waals surface area contributed by atoms with Gasteiger partial charge in [-0.3, -0.25) is 0 Å². The summed E-state index contributed by atoms with van der Waals surface area (Å²) in [6.07, 6.45) is 0.0632. The Kier molecular flexibility index (Phi) is 8.40. The van der Waals surface area contributed by atoms with Gasteiger partial charge in [-0.2, -0.15) is 10.1 Å². The molecule has 0 saturated heterocycles. The first-order valence-corrected chi connectivity index (χ1v) is 14.3. The Labute approximate surface area is 229 Å². The number of hydrogen-bond acceptors (Lipinski definition) is 8. The summed E-state index contributed by atoms with van der Waals surface area (Å²) in [5.74, 6) is -0.712. The molecule has 1 aliphatic rings. The van der Waals surface area contributed by atoms with Crippen molar-refractivity contribution >= 4 is 16.5 Å². The van der Waals surface area contributed by atoms with Crippen LogP contribution in [0.5, 0.6) is 11.8 Å². The van der Waals surface area contributed by atoms with Gasteiger partial charge < -0.3 is 25.0 Å². The van der Waals surface area contributed by atoms with Crippen molar-refractivity contribution in [1.29, 1.82) is 0 Å². The Morgan fingerprint density at radius 1 is 1.11 bits per heavy atom. The summed E-state index contributed by atoms with van der Waals surface area (Å²) < 4.78 is 7.66. The third kappa shape index (κ3) is 5.42. The van der Waals surface area contributed by atoms with Crippen molar-refractivity contribution in [3.8, 4) is 11.8 Å². The molecule has 1 aromatic carbocycles. The van der Waals surface area contributed by atoms with Crippen molar-refractivity contribution in [1.82, 2.24) is 14.8 Å². The van der Waals surface area contributed by atoms with Crippen LogP contribution in [0.15, 0.2) is 30.3 Å². The van der Waals surface area contributed by atoms with E-state index < -0.39 is 29.6 Å². The number of anilines is 1. The molecule has 0 bridgehead atoms. The summed E-state index contributed by atoms with van der Waals surface area (Å²) >= 11 is 1.44. The molecule has 0 spiro atoms. The molecule has 1 saturated carbocycles. The van der Waals surface area contributed by atoms with Crippen molar-refractivity contribution in [2.75, 3.05) is 18.6 Å². The molecule has 1 aliphatic carbocycles. The molecule has 8 nitrogen and oxygen atoms in total. The number of nitrogens with zero attached hydrogens (tertiary/aromatic N) is 4. The van der Waals surface area contributed by atoms with Crippen LogP contribution in [0.4, 0.5) is 5.13 Å². The minimum atomic E-state index is -0.910. The molecule has 4 rings (SSSR count). The topological polar surface area (TPSA) is 104 Å². The predicted molar refractivity (Wildman–Crippen MR) is 152 cm³/mol. The Morgan fingerprint density at radius 2 is 1.76 bits per heavy atom. The van der Waals surface area contributed by atoms with Crippen molar-refractivity contribution < 1.29 is 20.1 Å². The van der Waals surface area contributed by atoms with Crippen LogP contribution in [0.25, 0.3) is 0 Å². The van der Waals surface area contributed by atoms with E-state index in [9.17, 15) is 15.3 Å².